The first-order valence-electron chi connectivity index (χ1n) is 6.18. The van der Waals surface area contributed by atoms with E-state index in [9.17, 15) is 4.39 Å². The molecule has 1 atom stereocenters. The number of hydrogen-bond acceptors (Lipinski definition) is 3. The maximum Gasteiger partial charge on any atom is 0.145 e. The van der Waals surface area contributed by atoms with Gasteiger partial charge in [0.1, 0.15) is 17.3 Å². The highest BCUT2D eigenvalue weighted by Gasteiger charge is 2.05. The number of nitrogens with zero attached hydrogens (tertiary/aromatic N) is 1. The molecule has 0 amide bonds. The highest BCUT2D eigenvalue weighted by molar-refractivity contribution is 5.37. The normalized spacial score (nSPS) is 12.2. The van der Waals surface area contributed by atoms with Crippen LogP contribution >= 0.6 is 0 Å². The van der Waals surface area contributed by atoms with Gasteiger partial charge in [-0.1, -0.05) is 6.07 Å². The predicted octanol–water partition coefficient (Wildman–Crippen LogP) is 3.21. The van der Waals surface area contributed by atoms with Gasteiger partial charge in [-0.15, -0.1) is 0 Å². The third-order valence-corrected chi connectivity index (χ3v) is 2.71. The second-order valence-electron chi connectivity index (χ2n) is 4.72. The molecule has 2 rings (SSSR count). The highest BCUT2D eigenvalue weighted by atomic mass is 19.1. The molecule has 0 fully saturated rings. The Labute approximate surface area is 112 Å². The zero-order valence-electron chi connectivity index (χ0n) is 11.1. The van der Waals surface area contributed by atoms with Gasteiger partial charge in [0.2, 0.25) is 0 Å². The van der Waals surface area contributed by atoms with Gasteiger partial charge in [-0.05, 0) is 43.5 Å². The fourth-order valence-corrected chi connectivity index (χ4v) is 1.81. The van der Waals surface area contributed by atoms with E-state index in [1.54, 1.807) is 18.5 Å². The van der Waals surface area contributed by atoms with E-state index in [1.807, 2.05) is 19.9 Å². The van der Waals surface area contributed by atoms with Crippen molar-refractivity contribution in [2.75, 3.05) is 0 Å². The lowest BCUT2D eigenvalue weighted by Gasteiger charge is -2.10. The van der Waals surface area contributed by atoms with Crippen molar-refractivity contribution in [1.82, 2.24) is 4.98 Å². The summed E-state index contributed by atoms with van der Waals surface area (Å²) in [7, 11) is 0. The third kappa shape index (κ3) is 3.76. The zero-order chi connectivity index (χ0) is 13.8. The van der Waals surface area contributed by atoms with Gasteiger partial charge in [-0.2, -0.15) is 0 Å². The van der Waals surface area contributed by atoms with Crippen molar-refractivity contribution in [3.8, 4) is 11.5 Å². The minimum Gasteiger partial charge on any atom is -0.455 e. The quantitative estimate of drug-likeness (QED) is 0.918. The Kier molecular flexibility index (Phi) is 4.12. The smallest absolute Gasteiger partial charge is 0.145 e. The van der Waals surface area contributed by atoms with E-state index in [2.05, 4.69) is 4.98 Å². The van der Waals surface area contributed by atoms with Crippen molar-refractivity contribution in [1.29, 1.82) is 0 Å². The van der Waals surface area contributed by atoms with Gasteiger partial charge in [-0.3, -0.25) is 4.98 Å². The van der Waals surface area contributed by atoms with Gasteiger partial charge >= 0.3 is 0 Å². The summed E-state index contributed by atoms with van der Waals surface area (Å²) < 4.78 is 18.9. The fourth-order valence-electron chi connectivity index (χ4n) is 1.81. The molecule has 100 valence electrons. The highest BCUT2D eigenvalue weighted by Crippen LogP contribution is 2.25. The minimum atomic E-state index is -0.319. The lowest BCUT2D eigenvalue weighted by Crippen LogP contribution is -2.17. The van der Waals surface area contributed by atoms with Gasteiger partial charge in [0.05, 0.1) is 6.20 Å². The molecule has 2 aromatic rings. The van der Waals surface area contributed by atoms with Crippen molar-refractivity contribution in [3.63, 3.8) is 0 Å². The second kappa shape index (κ2) is 5.80. The molecule has 0 aliphatic rings. The van der Waals surface area contributed by atoms with Gasteiger partial charge in [0.15, 0.2) is 0 Å². The first-order chi connectivity index (χ1) is 9.04. The average molecular weight is 260 g/mol. The summed E-state index contributed by atoms with van der Waals surface area (Å²) in [4.78, 5) is 4.11. The molecule has 2 N–H and O–H groups in total. The molecule has 0 spiro atoms. The molecular formula is C15H17FN2O. The third-order valence-electron chi connectivity index (χ3n) is 2.71. The molecule has 1 unspecified atom stereocenters. The standard InChI is InChI=1S/C15H17FN2O/c1-10-3-4-13(16)7-15(10)19-14-6-12(5-11(2)17)8-18-9-14/h3-4,6-9,11H,5,17H2,1-2H3. The Morgan fingerprint density at radius 1 is 1.32 bits per heavy atom. The van der Waals surface area contributed by atoms with Gasteiger partial charge < -0.3 is 10.5 Å². The summed E-state index contributed by atoms with van der Waals surface area (Å²) in [6.07, 6.45) is 4.09. The van der Waals surface area contributed by atoms with Crippen molar-refractivity contribution in [3.05, 3.63) is 53.6 Å². The number of pyridine rings is 1. The van der Waals surface area contributed by atoms with E-state index in [-0.39, 0.29) is 11.9 Å². The lowest BCUT2D eigenvalue weighted by atomic mass is 10.1. The predicted molar refractivity (Wildman–Crippen MR) is 72.8 cm³/mol. The summed E-state index contributed by atoms with van der Waals surface area (Å²) in [5, 5.41) is 0. The summed E-state index contributed by atoms with van der Waals surface area (Å²) in [6.45, 7) is 3.80. The first-order valence-corrected chi connectivity index (χ1v) is 6.18. The monoisotopic (exact) mass is 260 g/mol. The van der Waals surface area contributed by atoms with Crippen molar-refractivity contribution >= 4 is 0 Å². The summed E-state index contributed by atoms with van der Waals surface area (Å²) in [5.74, 6) is 0.770. The maximum absolute atomic E-state index is 13.2. The number of benzene rings is 1. The maximum atomic E-state index is 13.2. The topological polar surface area (TPSA) is 48.1 Å². The Bertz CT molecular complexity index is 570. The molecule has 0 saturated heterocycles. The number of aromatic nitrogens is 1. The van der Waals surface area contributed by atoms with E-state index in [4.69, 9.17) is 10.5 Å². The first kappa shape index (κ1) is 13.5. The summed E-state index contributed by atoms with van der Waals surface area (Å²) in [5.41, 5.74) is 7.63. The van der Waals surface area contributed by atoms with Crippen LogP contribution in [0.25, 0.3) is 0 Å². The Morgan fingerprint density at radius 2 is 2.11 bits per heavy atom. The molecule has 4 heteroatoms. The van der Waals surface area contributed by atoms with Crippen molar-refractivity contribution in [2.45, 2.75) is 26.3 Å². The molecule has 0 aliphatic heterocycles. The minimum absolute atomic E-state index is 0.0629. The fraction of sp³-hybridized carbons (Fsp3) is 0.267. The number of hydrogen-bond donors (Lipinski definition) is 1. The average Bonchev–Trinajstić information content (AvgIpc) is 2.33. The summed E-state index contributed by atoms with van der Waals surface area (Å²) >= 11 is 0. The molecule has 0 radical (unpaired) electrons. The Balaban J connectivity index is 2.21. The van der Waals surface area contributed by atoms with E-state index >= 15 is 0 Å². The molecule has 1 heterocycles. The van der Waals surface area contributed by atoms with Gasteiger partial charge in [0, 0.05) is 18.3 Å². The number of nitrogens with two attached hydrogens (primary N) is 1. The van der Waals surface area contributed by atoms with Crippen LogP contribution in [0, 0.1) is 12.7 Å². The van der Waals surface area contributed by atoms with E-state index in [0.717, 1.165) is 17.5 Å². The number of rotatable bonds is 4. The molecule has 1 aromatic heterocycles. The molecule has 0 saturated carbocycles. The van der Waals surface area contributed by atoms with Crippen LogP contribution in [0.4, 0.5) is 4.39 Å². The van der Waals surface area contributed by atoms with Crippen LogP contribution in [0.15, 0.2) is 36.7 Å². The van der Waals surface area contributed by atoms with Crippen LogP contribution in [0.2, 0.25) is 0 Å². The lowest BCUT2D eigenvalue weighted by molar-refractivity contribution is 0.469. The Morgan fingerprint density at radius 3 is 2.84 bits per heavy atom. The molecular weight excluding hydrogens is 243 g/mol. The van der Waals surface area contributed by atoms with Crippen molar-refractivity contribution < 1.29 is 9.13 Å². The molecule has 0 aliphatic carbocycles. The SMILES string of the molecule is Cc1ccc(F)cc1Oc1cncc(CC(C)N)c1. The zero-order valence-corrected chi connectivity index (χ0v) is 11.1. The van der Waals surface area contributed by atoms with E-state index in [0.29, 0.717) is 11.5 Å². The van der Waals surface area contributed by atoms with E-state index in [1.165, 1.54) is 12.1 Å². The number of ether oxygens (including phenoxy) is 1. The molecule has 0 bridgehead atoms. The van der Waals surface area contributed by atoms with Crippen LogP contribution in [-0.4, -0.2) is 11.0 Å². The van der Waals surface area contributed by atoms with E-state index < -0.39 is 0 Å². The van der Waals surface area contributed by atoms with Crippen molar-refractivity contribution in [2.24, 2.45) is 5.73 Å². The summed E-state index contributed by atoms with van der Waals surface area (Å²) in [6, 6.07) is 6.40. The van der Waals surface area contributed by atoms with Crippen LogP contribution in [-0.2, 0) is 6.42 Å². The Hall–Kier alpha value is -1.94. The molecule has 19 heavy (non-hydrogen) atoms. The van der Waals surface area contributed by atoms with Crippen LogP contribution < -0.4 is 10.5 Å². The molecule has 1 aromatic carbocycles. The molecule has 3 nitrogen and oxygen atoms in total. The number of halogens is 1. The van der Waals surface area contributed by atoms with Crippen LogP contribution in [0.1, 0.15) is 18.1 Å². The van der Waals surface area contributed by atoms with Crippen LogP contribution in [0.3, 0.4) is 0 Å². The second-order valence-corrected chi connectivity index (χ2v) is 4.72. The van der Waals surface area contributed by atoms with Crippen LogP contribution in [0.5, 0.6) is 11.5 Å². The van der Waals surface area contributed by atoms with Gasteiger partial charge in [-0.25, -0.2) is 4.39 Å². The van der Waals surface area contributed by atoms with Gasteiger partial charge in [0.25, 0.3) is 0 Å². The largest absolute Gasteiger partial charge is 0.455 e. The number of aryl methyl sites for hydroxylation is 1.